The molecule has 0 bridgehead atoms. The molecule has 0 radical (unpaired) electrons. The summed E-state index contributed by atoms with van der Waals surface area (Å²) < 4.78 is 5.60. The maximum absolute atomic E-state index is 11.8. The number of nitrogen functional groups attached to an aromatic ring is 1. The molecular formula is C15H23ClN2O2. The molecule has 0 fully saturated rings. The molecule has 1 atom stereocenters. The number of carbonyl (C=O) groups is 1. The summed E-state index contributed by atoms with van der Waals surface area (Å²) in [6.07, 6.45) is 3.51. The first-order valence-electron chi connectivity index (χ1n) is 6.99. The topological polar surface area (TPSA) is 64.3 Å². The first kappa shape index (κ1) is 16.8. The molecule has 1 rings (SSSR count). The summed E-state index contributed by atoms with van der Waals surface area (Å²) in [5.41, 5.74) is 6.84. The largest absolute Gasteiger partial charge is 0.397 e. The highest BCUT2D eigenvalue weighted by Gasteiger charge is 2.07. The SMILES string of the molecule is CCCC(C)OCCCC(=O)Nc1cc(Cl)ccc1N. The van der Waals surface area contributed by atoms with Crippen LogP contribution in [0.4, 0.5) is 11.4 Å². The Morgan fingerprint density at radius 2 is 2.25 bits per heavy atom. The van der Waals surface area contributed by atoms with Gasteiger partial charge in [0.25, 0.3) is 0 Å². The van der Waals surface area contributed by atoms with Crippen molar-refractivity contribution in [1.82, 2.24) is 0 Å². The van der Waals surface area contributed by atoms with Gasteiger partial charge >= 0.3 is 0 Å². The van der Waals surface area contributed by atoms with Crippen LogP contribution in [0.25, 0.3) is 0 Å². The molecule has 20 heavy (non-hydrogen) atoms. The van der Waals surface area contributed by atoms with Gasteiger partial charge in [-0.25, -0.2) is 0 Å². The van der Waals surface area contributed by atoms with E-state index in [9.17, 15) is 4.79 Å². The van der Waals surface area contributed by atoms with Crippen LogP contribution in [0.5, 0.6) is 0 Å². The highest BCUT2D eigenvalue weighted by atomic mass is 35.5. The number of amides is 1. The minimum atomic E-state index is -0.0780. The van der Waals surface area contributed by atoms with Crippen LogP contribution in [0.3, 0.4) is 0 Å². The molecule has 0 aliphatic carbocycles. The highest BCUT2D eigenvalue weighted by Crippen LogP contribution is 2.23. The van der Waals surface area contributed by atoms with Gasteiger partial charge < -0.3 is 15.8 Å². The lowest BCUT2D eigenvalue weighted by molar-refractivity contribution is -0.116. The van der Waals surface area contributed by atoms with E-state index in [-0.39, 0.29) is 12.0 Å². The third-order valence-corrected chi connectivity index (χ3v) is 3.17. The molecular weight excluding hydrogens is 276 g/mol. The maximum Gasteiger partial charge on any atom is 0.224 e. The van der Waals surface area contributed by atoms with Crippen molar-refractivity contribution in [3.8, 4) is 0 Å². The lowest BCUT2D eigenvalue weighted by atomic mass is 10.2. The molecule has 0 aliphatic rings. The molecule has 1 amide bonds. The quantitative estimate of drug-likeness (QED) is 0.566. The third kappa shape index (κ3) is 6.26. The van der Waals surface area contributed by atoms with E-state index < -0.39 is 0 Å². The lowest BCUT2D eigenvalue weighted by Crippen LogP contribution is -2.15. The van der Waals surface area contributed by atoms with E-state index in [0.29, 0.717) is 35.8 Å². The second-order valence-electron chi connectivity index (χ2n) is 4.85. The van der Waals surface area contributed by atoms with Gasteiger partial charge in [-0.15, -0.1) is 0 Å². The number of benzene rings is 1. The Bertz CT molecular complexity index is 438. The van der Waals surface area contributed by atoms with E-state index in [4.69, 9.17) is 22.1 Å². The number of anilines is 2. The molecule has 1 unspecified atom stereocenters. The second kappa shape index (κ2) is 8.82. The second-order valence-corrected chi connectivity index (χ2v) is 5.29. The Kier molecular flexibility index (Phi) is 7.41. The molecule has 0 spiro atoms. The van der Waals surface area contributed by atoms with E-state index in [2.05, 4.69) is 19.2 Å². The van der Waals surface area contributed by atoms with Crippen LogP contribution in [-0.4, -0.2) is 18.6 Å². The smallest absolute Gasteiger partial charge is 0.224 e. The molecule has 112 valence electrons. The van der Waals surface area contributed by atoms with Gasteiger partial charge in [-0.2, -0.15) is 0 Å². The van der Waals surface area contributed by atoms with Gasteiger partial charge in [0.2, 0.25) is 5.91 Å². The van der Waals surface area contributed by atoms with E-state index >= 15 is 0 Å². The maximum atomic E-state index is 11.8. The van der Waals surface area contributed by atoms with Gasteiger partial charge in [0.15, 0.2) is 0 Å². The standard InChI is InChI=1S/C15H23ClN2O2/c1-3-5-11(2)20-9-4-6-15(19)18-14-10-12(16)7-8-13(14)17/h7-8,10-11H,3-6,9,17H2,1-2H3,(H,18,19). The average molecular weight is 299 g/mol. The zero-order valence-corrected chi connectivity index (χ0v) is 12.9. The fourth-order valence-electron chi connectivity index (χ4n) is 1.86. The van der Waals surface area contributed by atoms with Crippen molar-refractivity contribution in [2.75, 3.05) is 17.7 Å². The van der Waals surface area contributed by atoms with Crippen molar-refractivity contribution in [2.24, 2.45) is 0 Å². The van der Waals surface area contributed by atoms with E-state index in [1.54, 1.807) is 18.2 Å². The van der Waals surface area contributed by atoms with Crippen LogP contribution in [0.2, 0.25) is 5.02 Å². The first-order chi connectivity index (χ1) is 9.52. The van der Waals surface area contributed by atoms with Gasteiger partial charge in [-0.3, -0.25) is 4.79 Å². The molecule has 1 aromatic carbocycles. The average Bonchev–Trinajstić information content (AvgIpc) is 2.39. The summed E-state index contributed by atoms with van der Waals surface area (Å²) in [4.78, 5) is 11.8. The minimum absolute atomic E-state index is 0.0780. The van der Waals surface area contributed by atoms with Crippen molar-refractivity contribution >= 4 is 28.9 Å². The number of rotatable bonds is 8. The Hall–Kier alpha value is -1.26. The normalized spacial score (nSPS) is 12.2. The number of halogens is 1. The summed E-state index contributed by atoms with van der Waals surface area (Å²) in [5.74, 6) is -0.0780. The van der Waals surface area contributed by atoms with Crippen LogP contribution in [0, 0.1) is 0 Å². The molecule has 0 aliphatic heterocycles. The first-order valence-corrected chi connectivity index (χ1v) is 7.37. The predicted molar refractivity (Wildman–Crippen MR) is 84.1 cm³/mol. The monoisotopic (exact) mass is 298 g/mol. The third-order valence-electron chi connectivity index (χ3n) is 2.94. The Morgan fingerprint density at radius 3 is 2.95 bits per heavy atom. The summed E-state index contributed by atoms with van der Waals surface area (Å²) in [6, 6.07) is 5.01. The zero-order chi connectivity index (χ0) is 15.0. The van der Waals surface area contributed by atoms with Crippen molar-refractivity contribution in [3.05, 3.63) is 23.2 Å². The predicted octanol–water partition coefficient (Wildman–Crippen LogP) is 3.85. The fraction of sp³-hybridized carbons (Fsp3) is 0.533. The van der Waals surface area contributed by atoms with Crippen molar-refractivity contribution in [3.63, 3.8) is 0 Å². The van der Waals surface area contributed by atoms with Crippen molar-refractivity contribution in [1.29, 1.82) is 0 Å². The van der Waals surface area contributed by atoms with E-state index in [1.165, 1.54) is 0 Å². The van der Waals surface area contributed by atoms with Gasteiger partial charge in [0, 0.05) is 18.1 Å². The van der Waals surface area contributed by atoms with Crippen molar-refractivity contribution in [2.45, 2.75) is 45.6 Å². The number of ether oxygens (including phenoxy) is 1. The zero-order valence-electron chi connectivity index (χ0n) is 12.1. The van der Waals surface area contributed by atoms with Crippen LogP contribution in [-0.2, 0) is 9.53 Å². The molecule has 0 heterocycles. The molecule has 3 N–H and O–H groups in total. The Labute approximate surface area is 125 Å². The highest BCUT2D eigenvalue weighted by molar-refractivity contribution is 6.31. The number of hydrogen-bond donors (Lipinski definition) is 2. The molecule has 1 aromatic rings. The van der Waals surface area contributed by atoms with Crippen molar-refractivity contribution < 1.29 is 9.53 Å². The van der Waals surface area contributed by atoms with Crippen LogP contribution < -0.4 is 11.1 Å². The van der Waals surface area contributed by atoms with Gasteiger partial charge in [0.1, 0.15) is 0 Å². The van der Waals surface area contributed by atoms with Gasteiger partial charge in [-0.1, -0.05) is 24.9 Å². The number of nitrogens with one attached hydrogen (secondary N) is 1. The summed E-state index contributed by atoms with van der Waals surface area (Å²) in [7, 11) is 0. The molecule has 0 aromatic heterocycles. The van der Waals surface area contributed by atoms with Gasteiger partial charge in [-0.05, 0) is 38.0 Å². The van der Waals surface area contributed by atoms with Gasteiger partial charge in [0.05, 0.1) is 17.5 Å². The van der Waals surface area contributed by atoms with Crippen LogP contribution in [0.15, 0.2) is 18.2 Å². The molecule has 0 saturated carbocycles. The fourth-order valence-corrected chi connectivity index (χ4v) is 2.03. The molecule has 4 nitrogen and oxygen atoms in total. The molecule has 0 saturated heterocycles. The van der Waals surface area contributed by atoms with Crippen LogP contribution >= 0.6 is 11.6 Å². The van der Waals surface area contributed by atoms with E-state index in [1.807, 2.05) is 0 Å². The van der Waals surface area contributed by atoms with E-state index in [0.717, 1.165) is 12.8 Å². The summed E-state index contributed by atoms with van der Waals surface area (Å²) in [5, 5.41) is 3.31. The lowest BCUT2D eigenvalue weighted by Gasteiger charge is -2.12. The summed E-state index contributed by atoms with van der Waals surface area (Å²) in [6.45, 7) is 4.78. The minimum Gasteiger partial charge on any atom is -0.397 e. The Balaban J connectivity index is 2.28. The number of nitrogens with two attached hydrogens (primary N) is 1. The number of carbonyl (C=O) groups excluding carboxylic acids is 1. The van der Waals surface area contributed by atoms with Crippen LogP contribution in [0.1, 0.15) is 39.5 Å². The Morgan fingerprint density at radius 1 is 1.50 bits per heavy atom. The summed E-state index contributed by atoms with van der Waals surface area (Å²) >= 11 is 5.86. The number of hydrogen-bond acceptors (Lipinski definition) is 3. The molecule has 5 heteroatoms.